The van der Waals surface area contributed by atoms with E-state index in [2.05, 4.69) is 0 Å². The summed E-state index contributed by atoms with van der Waals surface area (Å²) in [6.07, 6.45) is 0. The van der Waals surface area contributed by atoms with Gasteiger partial charge in [0, 0.05) is 6.04 Å². The van der Waals surface area contributed by atoms with Crippen molar-refractivity contribution in [3.05, 3.63) is 29.8 Å². The zero-order valence-electron chi connectivity index (χ0n) is 7.84. The Bertz CT molecular complexity index is 321. The number of phenolic OH excluding ortho intramolecular Hbond substituents is 1. The molecule has 0 saturated carbocycles. The van der Waals surface area contributed by atoms with E-state index < -0.39 is 17.9 Å². The molecule has 14 heavy (non-hydrogen) atoms. The first-order chi connectivity index (χ1) is 6.52. The molecule has 0 spiro atoms. The number of carboxylic acid groups (broad SMARTS) is 1. The van der Waals surface area contributed by atoms with E-state index >= 15 is 0 Å². The Balaban J connectivity index is 2.84. The van der Waals surface area contributed by atoms with E-state index in [1.807, 2.05) is 0 Å². The average molecular weight is 195 g/mol. The Hall–Kier alpha value is -1.55. The maximum Gasteiger partial charge on any atom is 0.308 e. The summed E-state index contributed by atoms with van der Waals surface area (Å²) in [7, 11) is 0. The van der Waals surface area contributed by atoms with Gasteiger partial charge in [-0.1, -0.05) is 19.1 Å². The summed E-state index contributed by atoms with van der Waals surface area (Å²) in [6, 6.07) is 5.68. The van der Waals surface area contributed by atoms with Crippen molar-refractivity contribution in [1.82, 2.24) is 0 Å². The van der Waals surface area contributed by atoms with Crippen molar-refractivity contribution in [2.75, 3.05) is 0 Å². The Morgan fingerprint density at radius 2 is 1.86 bits per heavy atom. The van der Waals surface area contributed by atoms with Gasteiger partial charge in [0.15, 0.2) is 0 Å². The minimum Gasteiger partial charge on any atom is -0.508 e. The highest BCUT2D eigenvalue weighted by Gasteiger charge is 2.21. The first kappa shape index (κ1) is 10.5. The van der Waals surface area contributed by atoms with Crippen LogP contribution in [0.2, 0.25) is 0 Å². The van der Waals surface area contributed by atoms with Gasteiger partial charge in [-0.3, -0.25) is 4.79 Å². The smallest absolute Gasteiger partial charge is 0.308 e. The van der Waals surface area contributed by atoms with Crippen LogP contribution in [-0.4, -0.2) is 16.2 Å². The Morgan fingerprint density at radius 3 is 2.29 bits per heavy atom. The lowest BCUT2D eigenvalue weighted by molar-refractivity contribution is -0.141. The van der Waals surface area contributed by atoms with Crippen LogP contribution in [0.15, 0.2) is 24.3 Å². The fourth-order valence-corrected chi connectivity index (χ4v) is 1.14. The number of aromatic hydroxyl groups is 1. The molecule has 1 aromatic carbocycles. The van der Waals surface area contributed by atoms with Gasteiger partial charge < -0.3 is 15.9 Å². The van der Waals surface area contributed by atoms with E-state index in [1.165, 1.54) is 12.1 Å². The van der Waals surface area contributed by atoms with Crippen molar-refractivity contribution >= 4 is 5.97 Å². The quantitative estimate of drug-likeness (QED) is 0.674. The fourth-order valence-electron chi connectivity index (χ4n) is 1.14. The number of benzene rings is 1. The van der Waals surface area contributed by atoms with Gasteiger partial charge in [-0.15, -0.1) is 0 Å². The van der Waals surface area contributed by atoms with Crippen molar-refractivity contribution in [3.63, 3.8) is 0 Å². The highest BCUT2D eigenvalue weighted by Crippen LogP contribution is 2.21. The molecular weight excluding hydrogens is 182 g/mol. The number of nitrogens with two attached hydrogens (primary N) is 1. The molecular formula is C10H13NO3. The van der Waals surface area contributed by atoms with E-state index in [9.17, 15) is 4.79 Å². The maximum absolute atomic E-state index is 10.7. The van der Waals surface area contributed by atoms with Crippen molar-refractivity contribution in [3.8, 4) is 5.75 Å². The SMILES string of the molecule is CC(C(=O)O)C(N)c1ccc(O)cc1. The number of carboxylic acids is 1. The highest BCUT2D eigenvalue weighted by molar-refractivity contribution is 5.70. The Kier molecular flexibility index (Phi) is 3.09. The summed E-state index contributed by atoms with van der Waals surface area (Å²) in [5.41, 5.74) is 6.43. The number of hydrogen-bond donors (Lipinski definition) is 3. The minimum absolute atomic E-state index is 0.143. The number of phenols is 1. The van der Waals surface area contributed by atoms with Crippen LogP contribution in [0.3, 0.4) is 0 Å². The molecule has 4 nitrogen and oxygen atoms in total. The second kappa shape index (κ2) is 4.11. The van der Waals surface area contributed by atoms with Crippen molar-refractivity contribution in [2.45, 2.75) is 13.0 Å². The van der Waals surface area contributed by atoms with Crippen LogP contribution in [0.4, 0.5) is 0 Å². The summed E-state index contributed by atoms with van der Waals surface area (Å²) >= 11 is 0. The van der Waals surface area contributed by atoms with Gasteiger partial charge in [0.2, 0.25) is 0 Å². The molecule has 0 aliphatic heterocycles. The molecule has 0 fully saturated rings. The van der Waals surface area contributed by atoms with Gasteiger partial charge >= 0.3 is 5.97 Å². The van der Waals surface area contributed by atoms with Gasteiger partial charge in [0.05, 0.1) is 5.92 Å². The molecule has 0 amide bonds. The van der Waals surface area contributed by atoms with Crippen molar-refractivity contribution in [2.24, 2.45) is 11.7 Å². The molecule has 4 N–H and O–H groups in total. The third-order valence-corrected chi connectivity index (χ3v) is 2.21. The number of hydrogen-bond acceptors (Lipinski definition) is 3. The van der Waals surface area contributed by atoms with Gasteiger partial charge in [-0.2, -0.15) is 0 Å². The third-order valence-electron chi connectivity index (χ3n) is 2.21. The number of aliphatic carboxylic acids is 1. The Labute approximate surface area is 82.0 Å². The van der Waals surface area contributed by atoms with Crippen LogP contribution in [0.5, 0.6) is 5.75 Å². The van der Waals surface area contributed by atoms with E-state index in [-0.39, 0.29) is 5.75 Å². The van der Waals surface area contributed by atoms with Gasteiger partial charge in [-0.05, 0) is 17.7 Å². The lowest BCUT2D eigenvalue weighted by atomic mass is 9.95. The van der Waals surface area contributed by atoms with Crippen LogP contribution < -0.4 is 5.73 Å². The summed E-state index contributed by atoms with van der Waals surface area (Å²) in [5.74, 6) is -1.42. The summed E-state index contributed by atoms with van der Waals surface area (Å²) in [6.45, 7) is 1.56. The fraction of sp³-hybridized carbons (Fsp3) is 0.300. The molecule has 2 unspecified atom stereocenters. The van der Waals surface area contributed by atoms with E-state index in [0.717, 1.165) is 0 Å². The standard InChI is InChI=1S/C10H13NO3/c1-6(10(13)14)9(11)7-2-4-8(12)5-3-7/h2-6,9,12H,11H2,1H3,(H,13,14). The van der Waals surface area contributed by atoms with Crippen LogP contribution in [0.25, 0.3) is 0 Å². The summed E-state index contributed by atoms with van der Waals surface area (Å²) in [4.78, 5) is 10.7. The summed E-state index contributed by atoms with van der Waals surface area (Å²) < 4.78 is 0. The van der Waals surface area contributed by atoms with Gasteiger partial charge in [-0.25, -0.2) is 0 Å². The first-order valence-corrected chi connectivity index (χ1v) is 4.29. The van der Waals surface area contributed by atoms with Crippen molar-refractivity contribution < 1.29 is 15.0 Å². The molecule has 0 aliphatic rings. The van der Waals surface area contributed by atoms with Crippen LogP contribution in [-0.2, 0) is 4.79 Å². The normalized spacial score (nSPS) is 14.7. The third kappa shape index (κ3) is 2.23. The van der Waals surface area contributed by atoms with Crippen LogP contribution >= 0.6 is 0 Å². The molecule has 4 heteroatoms. The molecule has 2 atom stereocenters. The molecule has 1 rings (SSSR count). The Morgan fingerprint density at radius 1 is 1.36 bits per heavy atom. The second-order valence-corrected chi connectivity index (χ2v) is 3.24. The zero-order valence-corrected chi connectivity index (χ0v) is 7.84. The molecule has 1 aromatic rings. The first-order valence-electron chi connectivity index (χ1n) is 4.29. The van der Waals surface area contributed by atoms with Gasteiger partial charge in [0.25, 0.3) is 0 Å². The lowest BCUT2D eigenvalue weighted by Crippen LogP contribution is -2.25. The molecule has 0 radical (unpaired) electrons. The van der Waals surface area contributed by atoms with E-state index in [1.54, 1.807) is 19.1 Å². The zero-order chi connectivity index (χ0) is 10.7. The van der Waals surface area contributed by atoms with Crippen molar-refractivity contribution in [1.29, 1.82) is 0 Å². The molecule has 0 saturated heterocycles. The molecule has 0 aromatic heterocycles. The lowest BCUT2D eigenvalue weighted by Gasteiger charge is -2.16. The summed E-state index contributed by atoms with van der Waals surface area (Å²) in [5, 5.41) is 17.8. The minimum atomic E-state index is -0.925. The topological polar surface area (TPSA) is 83.5 Å². The molecule has 0 heterocycles. The average Bonchev–Trinajstić information content (AvgIpc) is 2.16. The van der Waals surface area contributed by atoms with Gasteiger partial charge in [0.1, 0.15) is 5.75 Å². The maximum atomic E-state index is 10.7. The highest BCUT2D eigenvalue weighted by atomic mass is 16.4. The molecule has 76 valence electrons. The predicted octanol–water partition coefficient (Wildman–Crippen LogP) is 1.11. The van der Waals surface area contributed by atoms with Crippen LogP contribution in [0.1, 0.15) is 18.5 Å². The predicted molar refractivity (Wildman–Crippen MR) is 51.8 cm³/mol. The molecule has 0 aliphatic carbocycles. The van der Waals surface area contributed by atoms with E-state index in [0.29, 0.717) is 5.56 Å². The second-order valence-electron chi connectivity index (χ2n) is 3.24. The monoisotopic (exact) mass is 195 g/mol. The van der Waals surface area contributed by atoms with E-state index in [4.69, 9.17) is 15.9 Å². The number of carbonyl (C=O) groups is 1. The largest absolute Gasteiger partial charge is 0.508 e. The molecule has 0 bridgehead atoms. The van der Waals surface area contributed by atoms with Crippen LogP contribution in [0, 0.1) is 5.92 Å². The number of rotatable bonds is 3.